The maximum absolute atomic E-state index is 13.7. The Morgan fingerprint density at radius 3 is 2.41 bits per heavy atom. The van der Waals surface area contributed by atoms with Gasteiger partial charge in [-0.1, -0.05) is 60.2 Å². The Kier molecular flexibility index (Phi) is 7.68. The number of amides is 1. The molecule has 0 aliphatic carbocycles. The normalized spacial score (nSPS) is 14.3. The Balaban J connectivity index is 1.33. The molecule has 4 aromatic rings. The molecule has 0 bridgehead atoms. The maximum atomic E-state index is 13.7. The number of hydrogen-bond donors (Lipinski definition) is 0. The van der Waals surface area contributed by atoms with Crippen LogP contribution >= 0.6 is 11.6 Å². The summed E-state index contributed by atoms with van der Waals surface area (Å²) >= 11 is 6.27. The third-order valence-electron chi connectivity index (χ3n) is 6.50. The Morgan fingerprint density at radius 1 is 0.946 bits per heavy atom. The summed E-state index contributed by atoms with van der Waals surface area (Å²) in [6, 6.07) is 27.2. The Morgan fingerprint density at radius 2 is 1.70 bits per heavy atom. The summed E-state index contributed by atoms with van der Waals surface area (Å²) in [5.41, 5.74) is 4.09. The van der Waals surface area contributed by atoms with Crippen LogP contribution in [0.3, 0.4) is 0 Å². The lowest BCUT2D eigenvalue weighted by molar-refractivity contribution is 0.0641. The van der Waals surface area contributed by atoms with Gasteiger partial charge in [0.25, 0.3) is 5.91 Å². The molecule has 5 rings (SSSR count). The molecule has 1 aromatic heterocycles. The van der Waals surface area contributed by atoms with E-state index < -0.39 is 0 Å². The van der Waals surface area contributed by atoms with Crippen molar-refractivity contribution in [3.8, 4) is 22.7 Å². The quantitative estimate of drug-likeness (QED) is 0.320. The van der Waals surface area contributed by atoms with Crippen molar-refractivity contribution in [2.24, 2.45) is 0 Å². The predicted molar refractivity (Wildman–Crippen MR) is 148 cm³/mol. The van der Waals surface area contributed by atoms with Gasteiger partial charge in [0.2, 0.25) is 0 Å². The fraction of sp³-hybridized carbons (Fsp3) is 0.200. The molecule has 0 spiro atoms. The van der Waals surface area contributed by atoms with Crippen LogP contribution in [0.15, 0.2) is 91.0 Å². The molecule has 0 atom stereocenters. The number of rotatable bonds is 7. The molecule has 0 N–H and O–H groups in total. The van der Waals surface area contributed by atoms with Crippen LogP contribution in [0.4, 0.5) is 0 Å². The van der Waals surface area contributed by atoms with Crippen LogP contribution in [0.1, 0.15) is 16.1 Å². The number of carbonyl (C=O) groups is 1. The van der Waals surface area contributed by atoms with E-state index in [1.165, 1.54) is 5.56 Å². The number of benzene rings is 3. The van der Waals surface area contributed by atoms with Crippen LogP contribution in [0.25, 0.3) is 23.0 Å². The van der Waals surface area contributed by atoms with E-state index in [9.17, 15) is 4.79 Å². The van der Waals surface area contributed by atoms with E-state index in [4.69, 9.17) is 21.4 Å². The molecule has 37 heavy (non-hydrogen) atoms. The Bertz CT molecular complexity index is 1370. The molecule has 1 amide bonds. The minimum atomic E-state index is -0.0354. The molecule has 1 aliphatic heterocycles. The number of methoxy groups -OCH3 is 1. The lowest BCUT2D eigenvalue weighted by Crippen LogP contribution is -2.49. The van der Waals surface area contributed by atoms with Gasteiger partial charge >= 0.3 is 0 Å². The number of aromatic nitrogens is 2. The van der Waals surface area contributed by atoms with Crippen molar-refractivity contribution in [1.29, 1.82) is 0 Å². The number of hydrogen-bond acceptors (Lipinski definition) is 4. The fourth-order valence-electron chi connectivity index (χ4n) is 4.44. The highest BCUT2D eigenvalue weighted by Gasteiger charge is 2.26. The van der Waals surface area contributed by atoms with E-state index in [1.807, 2.05) is 77.7 Å². The molecule has 3 aromatic carbocycles. The molecule has 1 aliphatic rings. The molecule has 2 heterocycles. The van der Waals surface area contributed by atoms with Crippen LogP contribution in [0.5, 0.6) is 5.75 Å². The second-order valence-electron chi connectivity index (χ2n) is 8.94. The highest BCUT2D eigenvalue weighted by Crippen LogP contribution is 2.26. The van der Waals surface area contributed by atoms with Crippen LogP contribution < -0.4 is 4.74 Å². The third kappa shape index (κ3) is 5.93. The van der Waals surface area contributed by atoms with Gasteiger partial charge in [-0.2, -0.15) is 5.10 Å². The van der Waals surface area contributed by atoms with Gasteiger partial charge < -0.3 is 9.64 Å². The smallest absolute Gasteiger partial charge is 0.272 e. The molecule has 1 fully saturated rings. The van der Waals surface area contributed by atoms with Crippen LogP contribution in [0.2, 0.25) is 5.02 Å². The van der Waals surface area contributed by atoms with E-state index >= 15 is 0 Å². The van der Waals surface area contributed by atoms with Gasteiger partial charge in [-0.15, -0.1) is 0 Å². The second-order valence-corrected chi connectivity index (χ2v) is 9.38. The predicted octanol–water partition coefficient (Wildman–Crippen LogP) is 5.67. The number of piperazine rings is 1. The average Bonchev–Trinajstić information content (AvgIpc) is 3.39. The van der Waals surface area contributed by atoms with Gasteiger partial charge in [-0.3, -0.25) is 9.69 Å². The van der Waals surface area contributed by atoms with Crippen molar-refractivity contribution in [1.82, 2.24) is 19.6 Å². The van der Waals surface area contributed by atoms with E-state index in [0.29, 0.717) is 23.8 Å². The molecular weight excluding hydrogens is 484 g/mol. The zero-order chi connectivity index (χ0) is 25.6. The maximum Gasteiger partial charge on any atom is 0.272 e. The van der Waals surface area contributed by atoms with Crippen molar-refractivity contribution < 1.29 is 9.53 Å². The highest BCUT2D eigenvalue weighted by molar-refractivity contribution is 6.30. The van der Waals surface area contributed by atoms with Gasteiger partial charge in [0, 0.05) is 43.3 Å². The first kappa shape index (κ1) is 24.8. The lowest BCUT2D eigenvalue weighted by Gasteiger charge is -2.34. The van der Waals surface area contributed by atoms with Gasteiger partial charge in [-0.05, 0) is 54.1 Å². The summed E-state index contributed by atoms with van der Waals surface area (Å²) in [6.07, 6.45) is 4.32. The van der Waals surface area contributed by atoms with E-state index in [0.717, 1.165) is 42.3 Å². The third-order valence-corrected chi connectivity index (χ3v) is 6.74. The van der Waals surface area contributed by atoms with Crippen LogP contribution in [0, 0.1) is 0 Å². The summed E-state index contributed by atoms with van der Waals surface area (Å²) < 4.78 is 6.98. The molecule has 0 unspecified atom stereocenters. The SMILES string of the molecule is COc1ccc(-c2cc(C(=O)N3CCN(C/C=C/c4ccccc4)CC3)n(-c3cccc(Cl)c3)n2)cc1. The van der Waals surface area contributed by atoms with E-state index in [2.05, 4.69) is 29.2 Å². The van der Waals surface area contributed by atoms with Crippen LogP contribution in [-0.4, -0.2) is 65.3 Å². The van der Waals surface area contributed by atoms with Crippen molar-refractivity contribution in [2.75, 3.05) is 39.8 Å². The van der Waals surface area contributed by atoms with Crippen molar-refractivity contribution in [3.05, 3.63) is 107 Å². The largest absolute Gasteiger partial charge is 0.497 e. The van der Waals surface area contributed by atoms with Crippen molar-refractivity contribution >= 4 is 23.6 Å². The first-order valence-electron chi connectivity index (χ1n) is 12.3. The average molecular weight is 513 g/mol. The first-order valence-corrected chi connectivity index (χ1v) is 12.7. The highest BCUT2D eigenvalue weighted by atomic mass is 35.5. The van der Waals surface area contributed by atoms with Gasteiger partial charge in [0.1, 0.15) is 11.4 Å². The van der Waals surface area contributed by atoms with Crippen molar-refractivity contribution in [3.63, 3.8) is 0 Å². The zero-order valence-electron chi connectivity index (χ0n) is 20.8. The van der Waals surface area contributed by atoms with Gasteiger partial charge in [0.05, 0.1) is 18.5 Å². The lowest BCUT2D eigenvalue weighted by atomic mass is 10.1. The summed E-state index contributed by atoms with van der Waals surface area (Å²) in [6.45, 7) is 3.83. The topological polar surface area (TPSA) is 50.6 Å². The Hall–Kier alpha value is -3.87. The molecule has 7 heteroatoms. The van der Waals surface area contributed by atoms with E-state index in [1.54, 1.807) is 11.8 Å². The molecule has 1 saturated heterocycles. The summed E-state index contributed by atoms with van der Waals surface area (Å²) in [7, 11) is 1.64. The molecule has 188 valence electrons. The monoisotopic (exact) mass is 512 g/mol. The standard InChI is InChI=1S/C30H29ClN4O2/c1-37-27-14-12-24(13-15-27)28-22-29(35(32-28)26-11-5-10-25(31)21-26)30(36)34-19-17-33(18-20-34)16-6-9-23-7-3-2-4-8-23/h2-15,21-22H,16-20H2,1H3/b9-6+. The minimum absolute atomic E-state index is 0.0354. The van der Waals surface area contributed by atoms with Gasteiger partial charge in [0.15, 0.2) is 0 Å². The molecule has 0 radical (unpaired) electrons. The summed E-state index contributed by atoms with van der Waals surface area (Å²) in [5.74, 6) is 0.734. The second kappa shape index (κ2) is 11.5. The van der Waals surface area contributed by atoms with E-state index in [-0.39, 0.29) is 5.91 Å². The molecular formula is C30H29ClN4O2. The number of nitrogens with zero attached hydrogens (tertiary/aromatic N) is 4. The number of ether oxygens (including phenoxy) is 1. The van der Waals surface area contributed by atoms with Crippen molar-refractivity contribution in [2.45, 2.75) is 0 Å². The number of carbonyl (C=O) groups excluding carboxylic acids is 1. The Labute approximate surface area is 222 Å². The van der Waals surface area contributed by atoms with Gasteiger partial charge in [-0.25, -0.2) is 4.68 Å². The minimum Gasteiger partial charge on any atom is -0.497 e. The summed E-state index contributed by atoms with van der Waals surface area (Å²) in [5, 5.41) is 5.39. The first-order chi connectivity index (χ1) is 18.1. The van der Waals surface area contributed by atoms with Crippen LogP contribution in [-0.2, 0) is 0 Å². The molecule has 0 saturated carbocycles. The fourth-order valence-corrected chi connectivity index (χ4v) is 4.62. The summed E-state index contributed by atoms with van der Waals surface area (Å²) in [4.78, 5) is 18.0. The molecule has 6 nitrogen and oxygen atoms in total. The number of halogens is 1. The zero-order valence-corrected chi connectivity index (χ0v) is 21.5.